The third-order valence-corrected chi connectivity index (χ3v) is 2.37. The first-order valence-electron chi connectivity index (χ1n) is 4.87. The lowest BCUT2D eigenvalue weighted by Gasteiger charge is -2.18. The Morgan fingerprint density at radius 3 is 2.50 bits per heavy atom. The average Bonchev–Trinajstić information content (AvgIpc) is 2.28. The number of nitrogens with two attached hydrogens (primary N) is 1. The van der Waals surface area contributed by atoms with Gasteiger partial charge in [-0.15, -0.1) is 0 Å². The van der Waals surface area contributed by atoms with Gasteiger partial charge in [-0.1, -0.05) is 6.92 Å². The van der Waals surface area contributed by atoms with E-state index in [0.29, 0.717) is 11.3 Å². The lowest BCUT2D eigenvalue weighted by Crippen LogP contribution is -2.11. The Bertz CT molecular complexity index is 357. The van der Waals surface area contributed by atoms with Crippen molar-refractivity contribution in [2.45, 2.75) is 12.8 Å². The molecule has 1 atom stereocenters. The predicted octanol–water partition coefficient (Wildman–Crippen LogP) is 1.84. The van der Waals surface area contributed by atoms with Gasteiger partial charge in [-0.2, -0.15) is 0 Å². The largest absolute Gasteiger partial charge is 0.496 e. The molecule has 0 aromatic heterocycles. The van der Waals surface area contributed by atoms with Crippen LogP contribution in [0.4, 0.5) is 4.39 Å². The van der Waals surface area contributed by atoms with Crippen LogP contribution in [0.2, 0.25) is 0 Å². The van der Waals surface area contributed by atoms with Gasteiger partial charge in [-0.05, 0) is 12.1 Å². The summed E-state index contributed by atoms with van der Waals surface area (Å²) in [5.41, 5.74) is 0.621. The summed E-state index contributed by atoms with van der Waals surface area (Å²) >= 11 is 0. The van der Waals surface area contributed by atoms with Gasteiger partial charge < -0.3 is 14.3 Å². The van der Waals surface area contributed by atoms with Crippen molar-refractivity contribution in [3.8, 4) is 11.5 Å². The van der Waals surface area contributed by atoms with Gasteiger partial charge in [-0.3, -0.25) is 0 Å². The molecule has 0 aliphatic carbocycles. The zero-order valence-corrected chi connectivity index (χ0v) is 9.62. The van der Waals surface area contributed by atoms with Crippen LogP contribution in [-0.2, 0) is 4.84 Å². The first-order chi connectivity index (χ1) is 7.65. The van der Waals surface area contributed by atoms with Crippen LogP contribution >= 0.6 is 0 Å². The topological polar surface area (TPSA) is 53.7 Å². The Morgan fingerprint density at radius 1 is 1.31 bits per heavy atom. The molecule has 0 bridgehead atoms. The Morgan fingerprint density at radius 2 is 2.00 bits per heavy atom. The normalized spacial score (nSPS) is 12.3. The molecule has 0 heterocycles. The third kappa shape index (κ3) is 2.43. The summed E-state index contributed by atoms with van der Waals surface area (Å²) < 4.78 is 23.7. The molecule has 1 rings (SSSR count). The zero-order valence-electron chi connectivity index (χ0n) is 9.62. The minimum atomic E-state index is -0.429. The van der Waals surface area contributed by atoms with E-state index in [1.165, 1.54) is 20.3 Å². The van der Waals surface area contributed by atoms with Gasteiger partial charge in [-0.25, -0.2) is 10.3 Å². The molecule has 0 saturated carbocycles. The molecule has 0 saturated heterocycles. The van der Waals surface area contributed by atoms with E-state index in [1.54, 1.807) is 6.07 Å². The van der Waals surface area contributed by atoms with Gasteiger partial charge in [0.15, 0.2) is 11.6 Å². The van der Waals surface area contributed by atoms with Crippen LogP contribution in [0.25, 0.3) is 0 Å². The number of rotatable bonds is 5. The highest BCUT2D eigenvalue weighted by atomic mass is 19.1. The van der Waals surface area contributed by atoms with E-state index in [2.05, 4.69) is 4.84 Å². The number of benzene rings is 1. The Hall–Kier alpha value is -1.33. The molecule has 1 aromatic rings. The predicted molar refractivity (Wildman–Crippen MR) is 58.1 cm³/mol. The van der Waals surface area contributed by atoms with Gasteiger partial charge in [0.1, 0.15) is 5.75 Å². The standard InChI is InChI=1S/C11H16FNO3/c1-7(6-16-13)10-9(14-2)5-4-8(12)11(10)15-3/h4-5,7H,6,13H2,1-3H3. The fourth-order valence-corrected chi connectivity index (χ4v) is 1.63. The summed E-state index contributed by atoms with van der Waals surface area (Å²) in [5.74, 6) is 5.19. The van der Waals surface area contributed by atoms with Crippen LogP contribution in [0.15, 0.2) is 12.1 Å². The fraction of sp³-hybridized carbons (Fsp3) is 0.455. The van der Waals surface area contributed by atoms with E-state index in [-0.39, 0.29) is 18.3 Å². The molecule has 0 aliphatic heterocycles. The first-order valence-corrected chi connectivity index (χ1v) is 4.87. The summed E-state index contributed by atoms with van der Waals surface area (Å²) in [5, 5.41) is 0. The maximum atomic E-state index is 13.5. The van der Waals surface area contributed by atoms with Gasteiger partial charge in [0.05, 0.1) is 20.8 Å². The third-order valence-electron chi connectivity index (χ3n) is 2.37. The zero-order chi connectivity index (χ0) is 12.1. The molecule has 0 amide bonds. The number of halogens is 1. The van der Waals surface area contributed by atoms with E-state index in [0.717, 1.165) is 0 Å². The molecule has 16 heavy (non-hydrogen) atoms. The van der Waals surface area contributed by atoms with Crippen LogP contribution < -0.4 is 15.4 Å². The molecule has 1 aromatic carbocycles. The summed E-state index contributed by atoms with van der Waals surface area (Å²) in [7, 11) is 2.93. The molecule has 2 N–H and O–H groups in total. The molecular weight excluding hydrogens is 213 g/mol. The van der Waals surface area contributed by atoms with E-state index in [4.69, 9.17) is 15.4 Å². The number of methoxy groups -OCH3 is 2. The number of hydrogen-bond donors (Lipinski definition) is 1. The summed E-state index contributed by atoms with van der Waals surface area (Å²) in [4.78, 5) is 4.56. The van der Waals surface area contributed by atoms with Crippen molar-refractivity contribution >= 4 is 0 Å². The molecular formula is C11H16FNO3. The maximum Gasteiger partial charge on any atom is 0.165 e. The van der Waals surface area contributed by atoms with E-state index in [9.17, 15) is 4.39 Å². The molecule has 1 unspecified atom stereocenters. The lowest BCUT2D eigenvalue weighted by atomic mass is 9.99. The van der Waals surface area contributed by atoms with Crippen molar-refractivity contribution in [3.05, 3.63) is 23.5 Å². The van der Waals surface area contributed by atoms with Crippen LogP contribution in [0, 0.1) is 5.82 Å². The Labute approximate surface area is 94.1 Å². The monoisotopic (exact) mass is 229 g/mol. The van der Waals surface area contributed by atoms with Gasteiger partial charge in [0, 0.05) is 11.5 Å². The van der Waals surface area contributed by atoms with Crippen molar-refractivity contribution in [1.29, 1.82) is 0 Å². The maximum absolute atomic E-state index is 13.5. The van der Waals surface area contributed by atoms with E-state index in [1.807, 2.05) is 6.92 Å². The van der Waals surface area contributed by atoms with Crippen LogP contribution in [0.3, 0.4) is 0 Å². The van der Waals surface area contributed by atoms with Crippen LogP contribution in [-0.4, -0.2) is 20.8 Å². The molecule has 90 valence electrons. The van der Waals surface area contributed by atoms with Crippen molar-refractivity contribution in [1.82, 2.24) is 0 Å². The quantitative estimate of drug-likeness (QED) is 0.783. The van der Waals surface area contributed by atoms with Crippen molar-refractivity contribution in [2.24, 2.45) is 5.90 Å². The summed E-state index contributed by atoms with van der Waals surface area (Å²) in [6.07, 6.45) is 0. The second-order valence-corrected chi connectivity index (χ2v) is 3.43. The van der Waals surface area contributed by atoms with Crippen molar-refractivity contribution in [2.75, 3.05) is 20.8 Å². The fourth-order valence-electron chi connectivity index (χ4n) is 1.63. The van der Waals surface area contributed by atoms with Crippen molar-refractivity contribution < 1.29 is 18.7 Å². The number of hydrogen-bond acceptors (Lipinski definition) is 4. The average molecular weight is 229 g/mol. The Balaban J connectivity index is 3.24. The van der Waals surface area contributed by atoms with Gasteiger partial charge >= 0.3 is 0 Å². The molecule has 0 aliphatic rings. The van der Waals surface area contributed by atoms with Crippen LogP contribution in [0.1, 0.15) is 18.4 Å². The molecule has 0 radical (unpaired) electrons. The molecule has 5 heteroatoms. The first kappa shape index (κ1) is 12.7. The minimum absolute atomic E-state index is 0.120. The van der Waals surface area contributed by atoms with Crippen molar-refractivity contribution in [3.63, 3.8) is 0 Å². The number of ether oxygens (including phenoxy) is 2. The van der Waals surface area contributed by atoms with E-state index >= 15 is 0 Å². The highest BCUT2D eigenvalue weighted by Crippen LogP contribution is 2.37. The van der Waals surface area contributed by atoms with Gasteiger partial charge in [0.25, 0.3) is 0 Å². The lowest BCUT2D eigenvalue weighted by molar-refractivity contribution is 0.125. The van der Waals surface area contributed by atoms with Crippen LogP contribution in [0.5, 0.6) is 11.5 Å². The SMILES string of the molecule is COc1ccc(F)c(OC)c1C(C)CON. The summed E-state index contributed by atoms with van der Waals surface area (Å²) in [6.45, 7) is 2.11. The summed E-state index contributed by atoms with van der Waals surface area (Å²) in [6, 6.07) is 2.86. The molecule has 0 spiro atoms. The second-order valence-electron chi connectivity index (χ2n) is 3.43. The Kier molecular flexibility index (Phi) is 4.52. The highest BCUT2D eigenvalue weighted by molar-refractivity contribution is 5.48. The smallest absolute Gasteiger partial charge is 0.165 e. The van der Waals surface area contributed by atoms with Gasteiger partial charge in [0.2, 0.25) is 0 Å². The van der Waals surface area contributed by atoms with E-state index < -0.39 is 5.82 Å². The molecule has 4 nitrogen and oxygen atoms in total. The second kappa shape index (κ2) is 5.67. The minimum Gasteiger partial charge on any atom is -0.496 e. The highest BCUT2D eigenvalue weighted by Gasteiger charge is 2.20. The molecule has 0 fully saturated rings.